The SMILES string of the molecule is CCCSc1nsc(NC(=O)CN2C[C@@H](O)[C@@H](O)C2)n1. The molecule has 0 radical (unpaired) electrons. The van der Waals surface area contributed by atoms with Crippen LogP contribution in [0.25, 0.3) is 0 Å². The van der Waals surface area contributed by atoms with Crippen LogP contribution in [-0.2, 0) is 4.79 Å². The summed E-state index contributed by atoms with van der Waals surface area (Å²) in [7, 11) is 0. The lowest BCUT2D eigenvalue weighted by Crippen LogP contribution is -2.32. The highest BCUT2D eigenvalue weighted by molar-refractivity contribution is 7.99. The maximum absolute atomic E-state index is 11.8. The van der Waals surface area contributed by atoms with E-state index in [1.165, 1.54) is 0 Å². The van der Waals surface area contributed by atoms with Crippen molar-refractivity contribution in [3.63, 3.8) is 0 Å². The van der Waals surface area contributed by atoms with Gasteiger partial charge in [-0.15, -0.1) is 0 Å². The second-order valence-corrected chi connectivity index (χ2v) is 6.42. The summed E-state index contributed by atoms with van der Waals surface area (Å²) in [5.74, 6) is 0.739. The van der Waals surface area contributed by atoms with Crippen molar-refractivity contribution in [1.29, 1.82) is 0 Å². The Kier molecular flexibility index (Phi) is 5.73. The summed E-state index contributed by atoms with van der Waals surface area (Å²) in [4.78, 5) is 17.7. The molecule has 0 unspecified atom stereocenters. The van der Waals surface area contributed by atoms with E-state index in [1.807, 2.05) is 0 Å². The van der Waals surface area contributed by atoms with Crippen LogP contribution >= 0.6 is 23.3 Å². The molecular weight excluding hydrogens is 300 g/mol. The first kappa shape index (κ1) is 15.6. The van der Waals surface area contributed by atoms with Gasteiger partial charge in [-0.2, -0.15) is 9.36 Å². The highest BCUT2D eigenvalue weighted by Gasteiger charge is 2.30. The van der Waals surface area contributed by atoms with Gasteiger partial charge in [0.25, 0.3) is 0 Å². The van der Waals surface area contributed by atoms with Crippen LogP contribution in [0.5, 0.6) is 0 Å². The number of anilines is 1. The zero-order chi connectivity index (χ0) is 14.5. The van der Waals surface area contributed by atoms with Gasteiger partial charge in [-0.3, -0.25) is 15.0 Å². The third kappa shape index (κ3) is 4.38. The van der Waals surface area contributed by atoms with Crippen molar-refractivity contribution in [2.45, 2.75) is 30.7 Å². The lowest BCUT2D eigenvalue weighted by atomic mass is 10.3. The number of aromatic nitrogens is 2. The minimum Gasteiger partial charge on any atom is -0.389 e. The molecule has 9 heteroatoms. The van der Waals surface area contributed by atoms with E-state index in [0.29, 0.717) is 23.4 Å². The molecule has 3 N–H and O–H groups in total. The smallest absolute Gasteiger partial charge is 0.240 e. The Morgan fingerprint density at radius 1 is 1.50 bits per heavy atom. The Morgan fingerprint density at radius 2 is 2.20 bits per heavy atom. The molecule has 1 aromatic rings. The van der Waals surface area contributed by atoms with Gasteiger partial charge in [-0.1, -0.05) is 18.7 Å². The van der Waals surface area contributed by atoms with Gasteiger partial charge in [-0.05, 0) is 6.42 Å². The molecule has 1 amide bonds. The van der Waals surface area contributed by atoms with E-state index in [2.05, 4.69) is 21.6 Å². The van der Waals surface area contributed by atoms with Gasteiger partial charge in [0.05, 0.1) is 18.8 Å². The summed E-state index contributed by atoms with van der Waals surface area (Å²) in [5, 5.41) is 22.7. The molecule has 0 spiro atoms. The first-order valence-corrected chi connectivity index (χ1v) is 8.19. The van der Waals surface area contributed by atoms with Gasteiger partial charge < -0.3 is 10.2 Å². The number of amides is 1. The first-order chi connectivity index (χ1) is 9.58. The number of rotatable bonds is 6. The number of likely N-dealkylation sites (tertiary alicyclic amines) is 1. The van der Waals surface area contributed by atoms with Gasteiger partial charge in [0, 0.05) is 30.4 Å². The third-order valence-corrected chi connectivity index (χ3v) is 4.59. The minimum atomic E-state index is -0.777. The van der Waals surface area contributed by atoms with Crippen LogP contribution in [0.15, 0.2) is 5.16 Å². The first-order valence-electron chi connectivity index (χ1n) is 6.43. The van der Waals surface area contributed by atoms with Crippen molar-refractivity contribution >= 4 is 34.3 Å². The van der Waals surface area contributed by atoms with Crippen molar-refractivity contribution in [3.8, 4) is 0 Å². The molecule has 1 aliphatic heterocycles. The van der Waals surface area contributed by atoms with E-state index in [4.69, 9.17) is 0 Å². The highest BCUT2D eigenvalue weighted by Crippen LogP contribution is 2.20. The van der Waals surface area contributed by atoms with E-state index in [1.54, 1.807) is 16.7 Å². The van der Waals surface area contributed by atoms with Crippen LogP contribution in [0.1, 0.15) is 13.3 Å². The molecule has 112 valence electrons. The number of β-amino-alcohol motifs (C(OH)–C–C–N with tert-alkyl or cyclic N) is 2. The Bertz CT molecular complexity index is 447. The predicted molar refractivity (Wildman–Crippen MR) is 78.0 cm³/mol. The van der Waals surface area contributed by atoms with Crippen LogP contribution in [0.2, 0.25) is 0 Å². The second-order valence-electron chi connectivity index (χ2n) is 4.61. The lowest BCUT2D eigenvalue weighted by molar-refractivity contribution is -0.117. The molecular formula is C11H18N4O3S2. The average Bonchev–Trinajstić information content (AvgIpc) is 2.94. The molecule has 0 bridgehead atoms. The van der Waals surface area contributed by atoms with E-state index < -0.39 is 12.2 Å². The minimum absolute atomic E-state index is 0.130. The molecule has 2 atom stereocenters. The number of carbonyl (C=O) groups excluding carboxylic acids is 1. The topological polar surface area (TPSA) is 98.6 Å². The van der Waals surface area contributed by atoms with E-state index in [9.17, 15) is 15.0 Å². The molecule has 20 heavy (non-hydrogen) atoms. The molecule has 2 rings (SSSR count). The molecule has 1 aliphatic rings. The maximum atomic E-state index is 11.8. The molecule has 0 saturated carbocycles. The van der Waals surface area contributed by atoms with E-state index in [0.717, 1.165) is 23.7 Å². The van der Waals surface area contributed by atoms with Gasteiger partial charge in [0.1, 0.15) is 0 Å². The van der Waals surface area contributed by atoms with Gasteiger partial charge in [-0.25, -0.2) is 0 Å². The number of aliphatic hydroxyl groups excluding tert-OH is 2. The van der Waals surface area contributed by atoms with E-state index in [-0.39, 0.29) is 12.5 Å². The summed E-state index contributed by atoms with van der Waals surface area (Å²) in [6.45, 7) is 2.83. The standard InChI is InChI=1S/C11H18N4O3S2/c1-2-3-19-11-13-10(20-14-11)12-9(18)6-15-4-7(16)8(17)5-15/h7-8,16-17H,2-6H2,1H3,(H,12,13,14,18)/t7-,8+. The normalized spacial score (nSPS) is 23.1. The van der Waals surface area contributed by atoms with Crippen LogP contribution in [0.3, 0.4) is 0 Å². The number of thioether (sulfide) groups is 1. The van der Waals surface area contributed by atoms with Crippen LogP contribution in [-0.4, -0.2) is 68.0 Å². The van der Waals surface area contributed by atoms with Crippen molar-refractivity contribution in [2.75, 3.05) is 30.7 Å². The number of carbonyl (C=O) groups is 1. The second kappa shape index (κ2) is 7.32. The van der Waals surface area contributed by atoms with Crippen molar-refractivity contribution < 1.29 is 15.0 Å². The molecule has 2 heterocycles. The summed E-state index contributed by atoms with van der Waals surface area (Å²) in [6, 6.07) is 0. The van der Waals surface area contributed by atoms with E-state index >= 15 is 0 Å². The molecule has 1 fully saturated rings. The number of hydrogen-bond donors (Lipinski definition) is 3. The molecule has 0 aromatic carbocycles. The predicted octanol–water partition coefficient (Wildman–Crippen LogP) is 0.0161. The fourth-order valence-electron chi connectivity index (χ4n) is 1.85. The van der Waals surface area contributed by atoms with Gasteiger partial charge >= 0.3 is 0 Å². The van der Waals surface area contributed by atoms with Gasteiger partial charge in [0.15, 0.2) is 0 Å². The molecule has 7 nitrogen and oxygen atoms in total. The fourth-order valence-corrected chi connectivity index (χ4v) is 3.27. The quantitative estimate of drug-likeness (QED) is 0.636. The monoisotopic (exact) mass is 318 g/mol. The lowest BCUT2D eigenvalue weighted by Gasteiger charge is -2.12. The third-order valence-electron chi connectivity index (χ3n) is 2.79. The molecule has 1 aromatic heterocycles. The Hall–Kier alpha value is -0.740. The highest BCUT2D eigenvalue weighted by atomic mass is 32.2. The maximum Gasteiger partial charge on any atom is 0.240 e. The molecule has 1 saturated heterocycles. The van der Waals surface area contributed by atoms with Crippen LogP contribution in [0.4, 0.5) is 5.13 Å². The van der Waals surface area contributed by atoms with Crippen molar-refractivity contribution in [2.24, 2.45) is 0 Å². The number of nitrogens with zero attached hydrogens (tertiary/aromatic N) is 3. The van der Waals surface area contributed by atoms with Gasteiger partial charge in [0.2, 0.25) is 16.2 Å². The molecule has 0 aliphatic carbocycles. The average molecular weight is 318 g/mol. The van der Waals surface area contributed by atoms with Crippen molar-refractivity contribution in [3.05, 3.63) is 0 Å². The van der Waals surface area contributed by atoms with Crippen LogP contribution in [0, 0.1) is 0 Å². The fraction of sp³-hybridized carbons (Fsp3) is 0.727. The van der Waals surface area contributed by atoms with Crippen LogP contribution < -0.4 is 5.32 Å². The number of aliphatic hydroxyl groups is 2. The summed E-state index contributed by atoms with van der Waals surface area (Å²) < 4.78 is 4.15. The number of hydrogen-bond acceptors (Lipinski definition) is 8. The summed E-state index contributed by atoms with van der Waals surface area (Å²) in [5.41, 5.74) is 0. The zero-order valence-corrected chi connectivity index (χ0v) is 12.8. The Morgan fingerprint density at radius 3 is 2.85 bits per heavy atom. The largest absolute Gasteiger partial charge is 0.389 e. The summed E-state index contributed by atoms with van der Waals surface area (Å²) >= 11 is 2.72. The summed E-state index contributed by atoms with van der Waals surface area (Å²) in [6.07, 6.45) is -0.506. The Labute approximate surface area is 125 Å². The Balaban J connectivity index is 1.78. The van der Waals surface area contributed by atoms with Crippen molar-refractivity contribution in [1.82, 2.24) is 14.3 Å². The number of nitrogens with one attached hydrogen (secondary N) is 1. The zero-order valence-electron chi connectivity index (χ0n) is 11.2.